The Morgan fingerprint density at radius 3 is 2.67 bits per heavy atom. The van der Waals surface area contributed by atoms with Crippen LogP contribution >= 0.6 is 0 Å². The van der Waals surface area contributed by atoms with Crippen molar-refractivity contribution in [3.63, 3.8) is 0 Å². The number of carbonyl (C=O) groups is 1. The third kappa shape index (κ3) is 4.43. The summed E-state index contributed by atoms with van der Waals surface area (Å²) < 4.78 is 31.9. The van der Waals surface area contributed by atoms with Crippen molar-refractivity contribution >= 4 is 23.4 Å². The summed E-state index contributed by atoms with van der Waals surface area (Å²) in [5.41, 5.74) is 0.297. The predicted octanol–water partition coefficient (Wildman–Crippen LogP) is 4.78. The van der Waals surface area contributed by atoms with Crippen LogP contribution in [0.5, 0.6) is 0 Å². The Balaban J connectivity index is 1.70. The van der Waals surface area contributed by atoms with E-state index in [2.05, 4.69) is 5.32 Å². The molecule has 27 heavy (non-hydrogen) atoms. The molecule has 0 bridgehead atoms. The highest BCUT2D eigenvalue weighted by Crippen LogP contribution is 2.26. The number of rotatable bonds is 5. The van der Waals surface area contributed by atoms with Gasteiger partial charge < -0.3 is 9.73 Å². The third-order valence-electron chi connectivity index (χ3n) is 3.56. The zero-order chi connectivity index (χ0) is 19.4. The van der Waals surface area contributed by atoms with Gasteiger partial charge in [0.15, 0.2) is 0 Å². The van der Waals surface area contributed by atoms with Gasteiger partial charge in [-0.25, -0.2) is 8.78 Å². The maximum Gasteiger partial charge on any atom is 0.270 e. The van der Waals surface area contributed by atoms with Gasteiger partial charge in [0.2, 0.25) is 5.91 Å². The van der Waals surface area contributed by atoms with Crippen molar-refractivity contribution in [3.05, 3.63) is 88.2 Å². The molecule has 136 valence electrons. The van der Waals surface area contributed by atoms with Gasteiger partial charge in [0.25, 0.3) is 5.69 Å². The van der Waals surface area contributed by atoms with Crippen molar-refractivity contribution in [2.24, 2.45) is 0 Å². The number of anilines is 1. The molecule has 0 aliphatic heterocycles. The first-order valence-corrected chi connectivity index (χ1v) is 7.71. The van der Waals surface area contributed by atoms with Crippen molar-refractivity contribution in [2.75, 3.05) is 5.32 Å². The molecule has 1 amide bonds. The molecular formula is C19H12F2N2O4. The highest BCUT2D eigenvalue weighted by Gasteiger charge is 2.10. The average Bonchev–Trinajstić information content (AvgIpc) is 3.11. The first kappa shape index (κ1) is 18.0. The summed E-state index contributed by atoms with van der Waals surface area (Å²) in [7, 11) is 0. The summed E-state index contributed by atoms with van der Waals surface area (Å²) in [6, 6.07) is 11.9. The molecule has 0 radical (unpaired) electrons. The lowest BCUT2D eigenvalue weighted by molar-refractivity contribution is -0.384. The zero-order valence-electron chi connectivity index (χ0n) is 13.7. The second kappa shape index (κ2) is 7.61. The van der Waals surface area contributed by atoms with E-state index in [4.69, 9.17) is 4.42 Å². The van der Waals surface area contributed by atoms with Crippen LogP contribution in [-0.4, -0.2) is 10.8 Å². The quantitative estimate of drug-likeness (QED) is 0.398. The molecule has 1 N–H and O–H groups in total. The second-order valence-electron chi connectivity index (χ2n) is 5.46. The number of nitro benzene ring substituents is 1. The number of benzene rings is 2. The number of halogens is 2. The van der Waals surface area contributed by atoms with E-state index in [0.717, 1.165) is 18.2 Å². The Kier molecular flexibility index (Phi) is 5.07. The van der Waals surface area contributed by atoms with Gasteiger partial charge in [-0.2, -0.15) is 0 Å². The largest absolute Gasteiger partial charge is 0.457 e. The summed E-state index contributed by atoms with van der Waals surface area (Å²) in [6.07, 6.45) is 2.48. The summed E-state index contributed by atoms with van der Waals surface area (Å²) in [5.74, 6) is -1.55. The fourth-order valence-corrected chi connectivity index (χ4v) is 2.29. The molecule has 1 aromatic heterocycles. The molecule has 0 saturated carbocycles. The lowest BCUT2D eigenvalue weighted by atomic mass is 10.1. The number of amides is 1. The fourth-order valence-electron chi connectivity index (χ4n) is 2.29. The minimum Gasteiger partial charge on any atom is -0.457 e. The number of carbonyl (C=O) groups excluding carboxylic acids is 1. The number of nitro groups is 1. The molecule has 6 nitrogen and oxygen atoms in total. The maximum atomic E-state index is 13.5. The van der Waals surface area contributed by atoms with E-state index >= 15 is 0 Å². The number of nitrogens with zero attached hydrogens (tertiary/aromatic N) is 1. The number of hydrogen-bond acceptors (Lipinski definition) is 4. The van der Waals surface area contributed by atoms with Crippen molar-refractivity contribution in [1.29, 1.82) is 0 Å². The van der Waals surface area contributed by atoms with Gasteiger partial charge in [0.1, 0.15) is 23.2 Å². The molecule has 0 unspecified atom stereocenters. The second-order valence-corrected chi connectivity index (χ2v) is 5.46. The van der Waals surface area contributed by atoms with E-state index in [0.29, 0.717) is 23.2 Å². The van der Waals surface area contributed by atoms with Crippen LogP contribution in [0.1, 0.15) is 5.76 Å². The summed E-state index contributed by atoms with van der Waals surface area (Å²) in [6.45, 7) is 0. The normalized spacial score (nSPS) is 10.9. The molecule has 3 aromatic rings. The van der Waals surface area contributed by atoms with E-state index < -0.39 is 22.5 Å². The lowest BCUT2D eigenvalue weighted by Gasteiger charge is -2.03. The van der Waals surface area contributed by atoms with Crippen molar-refractivity contribution < 1.29 is 22.9 Å². The zero-order valence-corrected chi connectivity index (χ0v) is 13.7. The van der Waals surface area contributed by atoms with Crippen molar-refractivity contribution in [2.45, 2.75) is 0 Å². The highest BCUT2D eigenvalue weighted by atomic mass is 19.1. The molecule has 8 heteroatoms. The SMILES string of the molecule is O=C(/C=C/c1ccc(-c2cccc([N+](=O)[O-])c2)o1)Nc1ccc(F)cc1F. The van der Waals surface area contributed by atoms with Gasteiger partial charge >= 0.3 is 0 Å². The Labute approximate surface area is 151 Å². The number of hydrogen-bond donors (Lipinski definition) is 1. The Bertz CT molecular complexity index is 1040. The molecule has 0 saturated heterocycles. The molecular weight excluding hydrogens is 358 g/mol. The predicted molar refractivity (Wildman–Crippen MR) is 94.8 cm³/mol. The smallest absolute Gasteiger partial charge is 0.270 e. The molecule has 0 aliphatic rings. The van der Waals surface area contributed by atoms with Gasteiger partial charge in [-0.3, -0.25) is 14.9 Å². The average molecular weight is 370 g/mol. The first-order valence-electron chi connectivity index (χ1n) is 7.71. The minimum absolute atomic E-state index is 0.0679. The number of furan rings is 1. The molecule has 0 atom stereocenters. The molecule has 0 aliphatic carbocycles. The molecule has 3 rings (SSSR count). The van der Waals surface area contributed by atoms with Crippen LogP contribution in [0, 0.1) is 21.7 Å². The molecule has 1 heterocycles. The van der Waals surface area contributed by atoms with E-state index in [1.165, 1.54) is 24.3 Å². The molecule has 2 aromatic carbocycles. The Morgan fingerprint density at radius 2 is 1.93 bits per heavy atom. The Hall–Kier alpha value is -3.81. The van der Waals surface area contributed by atoms with Crippen LogP contribution in [-0.2, 0) is 4.79 Å². The summed E-state index contributed by atoms with van der Waals surface area (Å²) >= 11 is 0. The van der Waals surface area contributed by atoms with Crippen molar-refractivity contribution in [3.8, 4) is 11.3 Å². The Morgan fingerprint density at radius 1 is 1.11 bits per heavy atom. The summed E-state index contributed by atoms with van der Waals surface area (Å²) in [4.78, 5) is 22.2. The van der Waals surface area contributed by atoms with Crippen LogP contribution in [0.3, 0.4) is 0 Å². The van der Waals surface area contributed by atoms with Gasteiger partial charge in [0, 0.05) is 29.8 Å². The highest BCUT2D eigenvalue weighted by molar-refractivity contribution is 6.01. The van der Waals surface area contributed by atoms with Crippen LogP contribution in [0.4, 0.5) is 20.2 Å². The maximum absolute atomic E-state index is 13.5. The lowest BCUT2D eigenvalue weighted by Crippen LogP contribution is -2.09. The number of nitrogens with one attached hydrogen (secondary N) is 1. The van der Waals surface area contributed by atoms with Crippen molar-refractivity contribution in [1.82, 2.24) is 0 Å². The van der Waals surface area contributed by atoms with E-state index in [9.17, 15) is 23.7 Å². The van der Waals surface area contributed by atoms with Gasteiger partial charge in [0.05, 0.1) is 10.6 Å². The van der Waals surface area contributed by atoms with E-state index in [1.54, 1.807) is 18.2 Å². The van der Waals surface area contributed by atoms with E-state index in [-0.39, 0.29) is 11.4 Å². The number of non-ortho nitro benzene ring substituents is 1. The van der Waals surface area contributed by atoms with Gasteiger partial charge in [-0.1, -0.05) is 12.1 Å². The standard InChI is InChI=1S/C19H12F2N2O4/c20-13-4-7-17(16(21)11-13)22-19(24)9-6-15-5-8-18(27-15)12-2-1-3-14(10-12)23(25)26/h1-11H,(H,22,24)/b9-6+. The molecule has 0 fully saturated rings. The van der Waals surface area contributed by atoms with Crippen LogP contribution in [0.25, 0.3) is 17.4 Å². The summed E-state index contributed by atoms with van der Waals surface area (Å²) in [5, 5.41) is 13.1. The van der Waals surface area contributed by atoms with Crippen LogP contribution in [0.15, 0.2) is 65.1 Å². The monoisotopic (exact) mass is 370 g/mol. The minimum atomic E-state index is -0.886. The van der Waals surface area contributed by atoms with Gasteiger partial charge in [-0.05, 0) is 30.3 Å². The van der Waals surface area contributed by atoms with Crippen LogP contribution in [0.2, 0.25) is 0 Å². The molecule has 0 spiro atoms. The first-order chi connectivity index (χ1) is 12.9. The van der Waals surface area contributed by atoms with E-state index in [1.807, 2.05) is 0 Å². The van der Waals surface area contributed by atoms with Crippen LogP contribution < -0.4 is 5.32 Å². The third-order valence-corrected chi connectivity index (χ3v) is 3.56. The van der Waals surface area contributed by atoms with Gasteiger partial charge in [-0.15, -0.1) is 0 Å². The topological polar surface area (TPSA) is 85.4 Å². The fraction of sp³-hybridized carbons (Fsp3) is 0.